The molecule has 0 saturated carbocycles. The number of carbonyl (C=O) groups is 1. The molecule has 0 aliphatic rings. The minimum absolute atomic E-state index is 0.0386. The average Bonchev–Trinajstić information content (AvgIpc) is 3.02. The van der Waals surface area contributed by atoms with Gasteiger partial charge < -0.3 is 14.8 Å². The van der Waals surface area contributed by atoms with Crippen molar-refractivity contribution < 1.29 is 14.6 Å². The molecule has 0 aliphatic heterocycles. The van der Waals surface area contributed by atoms with Crippen LogP contribution >= 0.6 is 0 Å². The van der Waals surface area contributed by atoms with Gasteiger partial charge >= 0.3 is 5.97 Å². The molecule has 0 unspecified atom stereocenters. The molecule has 0 saturated heterocycles. The van der Waals surface area contributed by atoms with Gasteiger partial charge in [-0.1, -0.05) is 42.5 Å². The monoisotopic (exact) mass is 335 g/mol. The minimum Gasteiger partial charge on any atom is -0.484 e. The van der Waals surface area contributed by atoms with Gasteiger partial charge in [0, 0.05) is 0 Å². The van der Waals surface area contributed by atoms with Crippen LogP contribution in [-0.2, 0) is 6.61 Å². The lowest BCUT2D eigenvalue weighted by Gasteiger charge is -2.06. The molecule has 4 rings (SSSR count). The Morgan fingerprint density at radius 3 is 2.60 bits per heavy atom. The number of ether oxygens (including phenoxy) is 1. The third-order valence-corrected chi connectivity index (χ3v) is 3.87. The van der Waals surface area contributed by atoms with Crippen molar-refractivity contribution in [3.05, 3.63) is 76.2 Å². The van der Waals surface area contributed by atoms with Crippen LogP contribution in [0.15, 0.2) is 59.4 Å². The molecular weight excluding hydrogens is 322 g/mol. The zero-order valence-corrected chi connectivity index (χ0v) is 13.0. The molecule has 0 amide bonds. The largest absolute Gasteiger partial charge is 0.484 e. The standard InChI is InChI=1S/C18H13N3O4/c22-17-15-16(25-10-11-6-2-1-3-7-11)14(18(23)24)20-21(15)13-9-5-4-8-12(13)19-17/h1-9H,10H2,(H,19,22)(H,23,24). The Balaban J connectivity index is 1.92. The number of rotatable bonds is 4. The fourth-order valence-corrected chi connectivity index (χ4v) is 2.73. The van der Waals surface area contributed by atoms with Crippen LogP contribution in [0.2, 0.25) is 0 Å². The third-order valence-electron chi connectivity index (χ3n) is 3.87. The van der Waals surface area contributed by atoms with E-state index in [-0.39, 0.29) is 23.6 Å². The lowest BCUT2D eigenvalue weighted by Crippen LogP contribution is -2.11. The summed E-state index contributed by atoms with van der Waals surface area (Å²) in [6.07, 6.45) is 0. The number of aromatic amines is 1. The number of nitrogens with one attached hydrogen (secondary N) is 1. The summed E-state index contributed by atoms with van der Waals surface area (Å²) in [4.78, 5) is 26.8. The van der Waals surface area contributed by atoms with Gasteiger partial charge in [-0.2, -0.15) is 5.10 Å². The van der Waals surface area contributed by atoms with Gasteiger partial charge in [-0.3, -0.25) is 4.79 Å². The van der Waals surface area contributed by atoms with E-state index in [0.717, 1.165) is 5.56 Å². The Labute approximate surface area is 141 Å². The van der Waals surface area contributed by atoms with Crippen LogP contribution in [0.25, 0.3) is 16.6 Å². The molecule has 0 radical (unpaired) electrons. The van der Waals surface area contributed by atoms with Crippen LogP contribution in [0.4, 0.5) is 0 Å². The number of carboxylic acids is 1. The Morgan fingerprint density at radius 1 is 1.12 bits per heavy atom. The number of benzene rings is 2. The zero-order valence-electron chi connectivity index (χ0n) is 13.0. The van der Waals surface area contributed by atoms with Gasteiger partial charge in [0.15, 0.2) is 11.3 Å². The van der Waals surface area contributed by atoms with E-state index >= 15 is 0 Å². The predicted octanol–water partition coefficient (Wildman–Crippen LogP) is 2.45. The van der Waals surface area contributed by atoms with Gasteiger partial charge in [0.1, 0.15) is 6.61 Å². The Bertz CT molecular complexity index is 1150. The topological polar surface area (TPSA) is 96.7 Å². The van der Waals surface area contributed by atoms with Crippen LogP contribution < -0.4 is 10.3 Å². The quantitative estimate of drug-likeness (QED) is 0.597. The first kappa shape index (κ1) is 14.9. The highest BCUT2D eigenvalue weighted by Gasteiger charge is 2.24. The summed E-state index contributed by atoms with van der Waals surface area (Å²) in [5, 5.41) is 13.5. The van der Waals surface area contributed by atoms with E-state index in [4.69, 9.17) is 4.74 Å². The van der Waals surface area contributed by atoms with E-state index in [2.05, 4.69) is 10.1 Å². The van der Waals surface area contributed by atoms with Gasteiger partial charge in [0.25, 0.3) is 5.56 Å². The smallest absolute Gasteiger partial charge is 0.360 e. The van der Waals surface area contributed by atoms with E-state index in [9.17, 15) is 14.7 Å². The first-order valence-electron chi connectivity index (χ1n) is 7.59. The van der Waals surface area contributed by atoms with Crippen LogP contribution in [0.1, 0.15) is 16.1 Å². The first-order valence-corrected chi connectivity index (χ1v) is 7.59. The summed E-state index contributed by atoms with van der Waals surface area (Å²) in [6.45, 7) is 0.134. The second kappa shape index (κ2) is 5.79. The van der Waals surface area contributed by atoms with Gasteiger partial charge in [-0.15, -0.1) is 0 Å². The second-order valence-corrected chi connectivity index (χ2v) is 5.49. The maximum atomic E-state index is 12.5. The van der Waals surface area contributed by atoms with Crippen LogP contribution in [0, 0.1) is 0 Å². The van der Waals surface area contributed by atoms with Crippen molar-refractivity contribution >= 4 is 22.5 Å². The highest BCUT2D eigenvalue weighted by Crippen LogP contribution is 2.26. The molecule has 0 spiro atoms. The molecule has 0 aliphatic carbocycles. The lowest BCUT2D eigenvalue weighted by atomic mass is 10.2. The molecule has 2 heterocycles. The van der Waals surface area contributed by atoms with E-state index in [1.54, 1.807) is 24.3 Å². The fraction of sp³-hybridized carbons (Fsp3) is 0.0556. The van der Waals surface area contributed by atoms with Crippen LogP contribution in [-0.4, -0.2) is 25.7 Å². The van der Waals surface area contributed by atoms with E-state index < -0.39 is 11.5 Å². The summed E-state index contributed by atoms with van der Waals surface area (Å²) in [6, 6.07) is 16.3. The number of fused-ring (bicyclic) bond motifs is 3. The summed E-state index contributed by atoms with van der Waals surface area (Å²) < 4.78 is 7.00. The molecule has 124 valence electrons. The van der Waals surface area contributed by atoms with Crippen molar-refractivity contribution in [2.75, 3.05) is 0 Å². The van der Waals surface area contributed by atoms with E-state index in [1.807, 2.05) is 30.3 Å². The van der Waals surface area contributed by atoms with Gasteiger partial charge in [-0.05, 0) is 17.7 Å². The molecule has 0 atom stereocenters. The Kier molecular flexibility index (Phi) is 3.46. The molecule has 7 heteroatoms. The number of para-hydroxylation sites is 2. The summed E-state index contributed by atoms with van der Waals surface area (Å²) in [5.74, 6) is -1.29. The molecule has 4 aromatic rings. The third kappa shape index (κ3) is 2.51. The van der Waals surface area contributed by atoms with Crippen molar-refractivity contribution in [2.24, 2.45) is 0 Å². The van der Waals surface area contributed by atoms with Crippen molar-refractivity contribution in [2.45, 2.75) is 6.61 Å². The van der Waals surface area contributed by atoms with E-state index in [0.29, 0.717) is 11.0 Å². The molecule has 25 heavy (non-hydrogen) atoms. The molecular formula is C18H13N3O4. The molecule has 2 aromatic heterocycles. The predicted molar refractivity (Wildman–Crippen MR) is 91.1 cm³/mol. The average molecular weight is 335 g/mol. The lowest BCUT2D eigenvalue weighted by molar-refractivity contribution is 0.0685. The number of aromatic carboxylic acids is 1. The van der Waals surface area contributed by atoms with E-state index in [1.165, 1.54) is 4.52 Å². The second-order valence-electron chi connectivity index (χ2n) is 5.49. The van der Waals surface area contributed by atoms with Gasteiger partial charge in [-0.25, -0.2) is 9.31 Å². The first-order chi connectivity index (χ1) is 12.1. The number of carboxylic acid groups (broad SMARTS) is 1. The summed E-state index contributed by atoms with van der Waals surface area (Å²) in [5.41, 5.74) is 1.34. The van der Waals surface area contributed by atoms with Crippen molar-refractivity contribution in [1.82, 2.24) is 14.6 Å². The molecule has 2 aromatic carbocycles. The Morgan fingerprint density at radius 2 is 1.84 bits per heavy atom. The molecule has 0 fully saturated rings. The van der Waals surface area contributed by atoms with Crippen molar-refractivity contribution in [3.63, 3.8) is 0 Å². The molecule has 0 bridgehead atoms. The maximum Gasteiger partial charge on any atom is 0.360 e. The number of nitrogens with zero attached hydrogens (tertiary/aromatic N) is 2. The highest BCUT2D eigenvalue weighted by molar-refractivity contribution is 5.93. The Hall–Kier alpha value is -3.61. The fourth-order valence-electron chi connectivity index (χ4n) is 2.73. The van der Waals surface area contributed by atoms with Gasteiger partial charge in [0.05, 0.1) is 11.0 Å². The number of hydrogen-bond donors (Lipinski definition) is 2. The maximum absolute atomic E-state index is 12.5. The number of hydrogen-bond acceptors (Lipinski definition) is 4. The van der Waals surface area contributed by atoms with Crippen molar-refractivity contribution in [1.29, 1.82) is 0 Å². The van der Waals surface area contributed by atoms with Gasteiger partial charge in [0.2, 0.25) is 5.69 Å². The molecule has 2 N–H and O–H groups in total. The summed E-state index contributed by atoms with van der Waals surface area (Å²) >= 11 is 0. The highest BCUT2D eigenvalue weighted by atomic mass is 16.5. The zero-order chi connectivity index (χ0) is 17.4. The van der Waals surface area contributed by atoms with Crippen LogP contribution in [0.3, 0.4) is 0 Å². The van der Waals surface area contributed by atoms with Crippen molar-refractivity contribution in [3.8, 4) is 5.75 Å². The number of H-pyrrole nitrogens is 1. The molecule has 7 nitrogen and oxygen atoms in total. The SMILES string of the molecule is O=C(O)c1nn2c(c1OCc1ccccc1)c(=O)[nH]c1ccccc12. The minimum atomic E-state index is -1.25. The normalized spacial score (nSPS) is 11.0. The summed E-state index contributed by atoms with van der Waals surface area (Å²) in [7, 11) is 0. The number of aromatic nitrogens is 3. The van der Waals surface area contributed by atoms with Crippen LogP contribution in [0.5, 0.6) is 5.75 Å².